The fourth-order valence-electron chi connectivity index (χ4n) is 3.31. The van der Waals surface area contributed by atoms with Gasteiger partial charge in [0.1, 0.15) is 18.0 Å². The normalized spacial score (nSPS) is 23.4. The minimum absolute atomic E-state index is 0.0251. The summed E-state index contributed by atoms with van der Waals surface area (Å²) in [6, 6.07) is 7.72. The Bertz CT molecular complexity index is 738. The Morgan fingerprint density at radius 3 is 2.25 bits per heavy atom. The average Bonchev–Trinajstić information content (AvgIpc) is 2.97. The van der Waals surface area contributed by atoms with Crippen molar-refractivity contribution >= 4 is 8.32 Å². The van der Waals surface area contributed by atoms with E-state index < -0.39 is 26.3 Å². The summed E-state index contributed by atoms with van der Waals surface area (Å²) < 4.78 is 29.9. The third-order valence-corrected chi connectivity index (χ3v) is 10.7. The predicted octanol–water partition coefficient (Wildman–Crippen LogP) is 5.06. The first-order valence-electron chi connectivity index (χ1n) is 11.3. The summed E-state index contributed by atoms with van der Waals surface area (Å²) in [6.07, 6.45) is 2.79. The smallest absolute Gasteiger partial charge is 0.193 e. The first-order valence-corrected chi connectivity index (χ1v) is 14.3. The van der Waals surface area contributed by atoms with E-state index in [4.69, 9.17) is 23.4 Å². The number of benzene rings is 1. The fraction of sp³-hybridized carbons (Fsp3) is 0.680. The Balaban J connectivity index is 2.19. The molecule has 182 valence electrons. The molecule has 0 spiro atoms. The molecule has 1 heterocycles. The van der Waals surface area contributed by atoms with Crippen molar-refractivity contribution in [3.63, 3.8) is 0 Å². The minimum Gasteiger partial charge on any atom is -0.497 e. The maximum absolute atomic E-state index is 10.2. The molecule has 1 saturated heterocycles. The number of methoxy groups -OCH3 is 1. The molecule has 7 heteroatoms. The molecule has 0 aromatic heterocycles. The molecule has 0 unspecified atom stereocenters. The molecule has 0 aliphatic carbocycles. The van der Waals surface area contributed by atoms with Crippen LogP contribution in [-0.2, 0) is 25.2 Å². The molecule has 4 atom stereocenters. The standard InChI is InChI=1S/C25H42O6Si/c1-18-21(30-25(5,6)29-18)14-15-22(31-32(8,9)24(2,3)4)23(16-26)28-17-19-10-12-20(27-7)13-11-19/h10-15,18,21-23,26H,16-17H2,1-9H3/b15-14+/t18-,21-,22+,23+/m0/s1. The van der Waals surface area contributed by atoms with Crippen molar-refractivity contribution in [1.29, 1.82) is 0 Å². The Labute approximate surface area is 195 Å². The van der Waals surface area contributed by atoms with E-state index in [0.717, 1.165) is 11.3 Å². The van der Waals surface area contributed by atoms with Gasteiger partial charge in [-0.25, -0.2) is 0 Å². The van der Waals surface area contributed by atoms with Gasteiger partial charge in [0.05, 0.1) is 32.5 Å². The Morgan fingerprint density at radius 1 is 1.16 bits per heavy atom. The molecule has 1 N–H and O–H groups in total. The first kappa shape index (κ1) is 27.0. The third-order valence-electron chi connectivity index (χ3n) is 6.25. The number of aliphatic hydroxyl groups is 1. The lowest BCUT2D eigenvalue weighted by molar-refractivity contribution is -0.141. The van der Waals surface area contributed by atoms with Gasteiger partial charge in [0.15, 0.2) is 14.1 Å². The van der Waals surface area contributed by atoms with Gasteiger partial charge in [0, 0.05) is 0 Å². The molecule has 0 amide bonds. The highest BCUT2D eigenvalue weighted by atomic mass is 28.4. The summed E-state index contributed by atoms with van der Waals surface area (Å²) in [4.78, 5) is 0. The summed E-state index contributed by atoms with van der Waals surface area (Å²) in [7, 11) is -0.478. The molecule has 32 heavy (non-hydrogen) atoms. The summed E-state index contributed by atoms with van der Waals surface area (Å²) in [5, 5.41) is 10.2. The molecule has 1 aromatic rings. The largest absolute Gasteiger partial charge is 0.497 e. The molecular formula is C25H42O6Si. The molecule has 1 fully saturated rings. The molecule has 2 rings (SSSR count). The van der Waals surface area contributed by atoms with E-state index in [2.05, 4.69) is 33.9 Å². The van der Waals surface area contributed by atoms with Crippen molar-refractivity contribution in [2.45, 2.75) is 96.5 Å². The van der Waals surface area contributed by atoms with Crippen LogP contribution in [0.2, 0.25) is 18.1 Å². The molecule has 0 saturated carbocycles. The molecule has 1 aromatic carbocycles. The van der Waals surface area contributed by atoms with Crippen LogP contribution in [0.3, 0.4) is 0 Å². The lowest BCUT2D eigenvalue weighted by Gasteiger charge is -2.40. The van der Waals surface area contributed by atoms with E-state index in [9.17, 15) is 5.11 Å². The van der Waals surface area contributed by atoms with Gasteiger partial charge in [-0.05, 0) is 56.6 Å². The van der Waals surface area contributed by atoms with Gasteiger partial charge in [0.2, 0.25) is 0 Å². The average molecular weight is 467 g/mol. The predicted molar refractivity (Wildman–Crippen MR) is 129 cm³/mol. The van der Waals surface area contributed by atoms with Crippen LogP contribution in [-0.4, -0.2) is 57.3 Å². The number of aliphatic hydroxyl groups excluding tert-OH is 1. The quantitative estimate of drug-likeness (QED) is 0.384. The Morgan fingerprint density at radius 2 is 1.78 bits per heavy atom. The molecular weight excluding hydrogens is 424 g/mol. The summed E-state index contributed by atoms with van der Waals surface area (Å²) in [6.45, 7) is 17.0. The van der Waals surface area contributed by atoms with Crippen molar-refractivity contribution in [3.05, 3.63) is 42.0 Å². The van der Waals surface area contributed by atoms with Crippen molar-refractivity contribution in [2.24, 2.45) is 0 Å². The van der Waals surface area contributed by atoms with Crippen molar-refractivity contribution < 1.29 is 28.5 Å². The molecule has 1 aliphatic heterocycles. The second-order valence-electron chi connectivity index (χ2n) is 10.4. The SMILES string of the molecule is COc1ccc(CO[C@H](CO)[C@@H](/C=C/[C@@H]2OC(C)(C)O[C@H]2C)O[Si](C)(C)C(C)(C)C)cc1. The first-order chi connectivity index (χ1) is 14.8. The van der Waals surface area contributed by atoms with Gasteiger partial charge in [0.25, 0.3) is 0 Å². The minimum atomic E-state index is -2.12. The van der Waals surface area contributed by atoms with Crippen molar-refractivity contribution in [2.75, 3.05) is 13.7 Å². The van der Waals surface area contributed by atoms with E-state index >= 15 is 0 Å². The second kappa shape index (κ2) is 10.8. The van der Waals surface area contributed by atoms with Gasteiger partial charge in [-0.3, -0.25) is 0 Å². The maximum atomic E-state index is 10.2. The zero-order valence-electron chi connectivity index (χ0n) is 21.2. The molecule has 1 aliphatic rings. The third kappa shape index (κ3) is 7.40. The topological polar surface area (TPSA) is 66.4 Å². The van der Waals surface area contributed by atoms with Gasteiger partial charge >= 0.3 is 0 Å². The van der Waals surface area contributed by atoms with E-state index in [1.54, 1.807) is 7.11 Å². The highest BCUT2D eigenvalue weighted by molar-refractivity contribution is 6.74. The zero-order valence-corrected chi connectivity index (χ0v) is 22.2. The van der Waals surface area contributed by atoms with E-state index in [1.807, 2.05) is 57.2 Å². The van der Waals surface area contributed by atoms with Crippen LogP contribution < -0.4 is 4.74 Å². The van der Waals surface area contributed by atoms with Crippen LogP contribution in [0.25, 0.3) is 0 Å². The molecule has 0 bridgehead atoms. The number of hydrogen-bond donors (Lipinski definition) is 1. The summed E-state index contributed by atoms with van der Waals surface area (Å²) in [5.74, 6) is 0.177. The molecule has 6 nitrogen and oxygen atoms in total. The van der Waals surface area contributed by atoms with Crippen LogP contribution in [0, 0.1) is 0 Å². The van der Waals surface area contributed by atoms with Crippen LogP contribution in [0.15, 0.2) is 36.4 Å². The lowest BCUT2D eigenvalue weighted by atomic mass is 10.1. The van der Waals surface area contributed by atoms with E-state index in [1.165, 1.54) is 0 Å². The second-order valence-corrected chi connectivity index (χ2v) is 15.2. The van der Waals surface area contributed by atoms with Crippen molar-refractivity contribution in [3.8, 4) is 5.75 Å². The van der Waals surface area contributed by atoms with Crippen LogP contribution in [0.4, 0.5) is 0 Å². The van der Waals surface area contributed by atoms with E-state index in [-0.39, 0.29) is 23.9 Å². The number of ether oxygens (including phenoxy) is 4. The highest BCUT2D eigenvalue weighted by Gasteiger charge is 2.41. The lowest BCUT2D eigenvalue weighted by Crippen LogP contribution is -2.48. The zero-order chi connectivity index (χ0) is 24.2. The van der Waals surface area contributed by atoms with Crippen LogP contribution >= 0.6 is 0 Å². The Kier molecular flexibility index (Phi) is 9.12. The van der Waals surface area contributed by atoms with E-state index in [0.29, 0.717) is 6.61 Å². The van der Waals surface area contributed by atoms with Gasteiger partial charge in [-0.2, -0.15) is 0 Å². The number of rotatable bonds is 10. The van der Waals surface area contributed by atoms with Gasteiger partial charge in [-0.1, -0.05) is 45.1 Å². The number of hydrogen-bond acceptors (Lipinski definition) is 6. The maximum Gasteiger partial charge on any atom is 0.193 e. The van der Waals surface area contributed by atoms with Crippen LogP contribution in [0.1, 0.15) is 47.1 Å². The molecule has 0 radical (unpaired) electrons. The summed E-state index contributed by atoms with van der Waals surface area (Å²) in [5.41, 5.74) is 1.00. The fourth-order valence-corrected chi connectivity index (χ4v) is 4.58. The monoisotopic (exact) mass is 466 g/mol. The Hall–Kier alpha value is -1.22. The van der Waals surface area contributed by atoms with Crippen molar-refractivity contribution in [1.82, 2.24) is 0 Å². The van der Waals surface area contributed by atoms with Gasteiger partial charge in [-0.15, -0.1) is 0 Å². The highest BCUT2D eigenvalue weighted by Crippen LogP contribution is 2.38. The summed E-state index contributed by atoms with van der Waals surface area (Å²) >= 11 is 0. The van der Waals surface area contributed by atoms with Crippen LogP contribution in [0.5, 0.6) is 5.75 Å². The van der Waals surface area contributed by atoms with Gasteiger partial charge < -0.3 is 28.5 Å².